The van der Waals surface area contributed by atoms with Crippen molar-refractivity contribution in [1.82, 2.24) is 9.62 Å². The largest absolute Gasteiger partial charge is 0.493 e. The van der Waals surface area contributed by atoms with E-state index in [0.717, 1.165) is 16.7 Å². The lowest BCUT2D eigenvalue weighted by atomic mass is 9.48. The number of aliphatic hydroxyl groups is 1. The number of furan rings is 1. The number of carbonyl (C=O) groups excluding carboxylic acids is 1. The highest BCUT2D eigenvalue weighted by Crippen LogP contribution is 2.65. The second-order valence-electron chi connectivity index (χ2n) is 11.0. The fourth-order valence-electron chi connectivity index (χ4n) is 7.59. The molecule has 40 heavy (non-hydrogen) atoms. The molecule has 10 heteroatoms. The van der Waals surface area contributed by atoms with Crippen LogP contribution in [0.5, 0.6) is 11.5 Å². The highest BCUT2D eigenvalue weighted by molar-refractivity contribution is 7.89. The van der Waals surface area contributed by atoms with Crippen molar-refractivity contribution in [2.45, 2.75) is 59.8 Å². The standard InChI is InChI=1S/C30H30N2O7S/c1-37-23-9-8-20-17-24-30(34)13-11-22(31-25(33)10-7-19-12-16-38-18-19)28-29(30,26(20)27(23)39-28)14-15-32(24)40(35,36)21-5-3-2-4-6-21/h2-10,12,16,18,22,24,28,34H,11,13-15,17H2,1H3,(H,31,33)/b10-7+/t22-,24-,28+,29+,30-/m1/s1. The molecule has 3 aromatic rings. The molecule has 0 radical (unpaired) electrons. The fourth-order valence-corrected chi connectivity index (χ4v) is 9.28. The second kappa shape index (κ2) is 8.95. The smallest absolute Gasteiger partial charge is 0.244 e. The fraction of sp³-hybridized carbons (Fsp3) is 0.367. The Labute approximate surface area is 232 Å². The zero-order valence-corrected chi connectivity index (χ0v) is 22.8. The molecule has 2 bridgehead atoms. The van der Waals surface area contributed by atoms with E-state index in [4.69, 9.17) is 13.9 Å². The molecule has 3 heterocycles. The van der Waals surface area contributed by atoms with Crippen molar-refractivity contribution in [3.8, 4) is 11.5 Å². The predicted octanol–water partition coefficient (Wildman–Crippen LogP) is 3.03. The van der Waals surface area contributed by atoms with E-state index in [-0.39, 0.29) is 17.3 Å². The molecule has 1 aromatic heterocycles. The summed E-state index contributed by atoms with van der Waals surface area (Å²) in [6, 6.07) is 12.8. The highest BCUT2D eigenvalue weighted by atomic mass is 32.2. The molecule has 2 fully saturated rings. The van der Waals surface area contributed by atoms with Gasteiger partial charge in [0.1, 0.15) is 6.10 Å². The Morgan fingerprint density at radius 1 is 1.18 bits per heavy atom. The van der Waals surface area contributed by atoms with Gasteiger partial charge in [0, 0.05) is 23.7 Å². The normalized spacial score (nSPS) is 30.5. The van der Waals surface area contributed by atoms with Crippen LogP contribution in [0.1, 0.15) is 36.0 Å². The number of piperidine rings is 1. The molecule has 0 unspecified atom stereocenters. The molecular weight excluding hydrogens is 532 g/mol. The van der Waals surface area contributed by atoms with Gasteiger partial charge in [0.2, 0.25) is 15.9 Å². The molecule has 1 saturated carbocycles. The van der Waals surface area contributed by atoms with Crippen LogP contribution in [0, 0.1) is 0 Å². The second-order valence-corrected chi connectivity index (χ2v) is 12.9. The van der Waals surface area contributed by atoms with Crippen LogP contribution >= 0.6 is 0 Å². The van der Waals surface area contributed by atoms with Gasteiger partial charge in [0.25, 0.3) is 0 Å². The summed E-state index contributed by atoms with van der Waals surface area (Å²) in [7, 11) is -2.28. The molecule has 2 aliphatic heterocycles. The maximum Gasteiger partial charge on any atom is 0.244 e. The zero-order chi connectivity index (χ0) is 27.7. The minimum absolute atomic E-state index is 0.209. The molecule has 5 atom stereocenters. The summed E-state index contributed by atoms with van der Waals surface area (Å²) in [6.45, 7) is 0.223. The van der Waals surface area contributed by atoms with Gasteiger partial charge >= 0.3 is 0 Å². The molecule has 2 N–H and O–H groups in total. The van der Waals surface area contributed by atoms with Crippen LogP contribution in [0.25, 0.3) is 6.08 Å². The lowest BCUT2D eigenvalue weighted by Gasteiger charge is -2.63. The minimum Gasteiger partial charge on any atom is -0.493 e. The number of benzene rings is 2. The first-order chi connectivity index (χ1) is 19.3. The minimum atomic E-state index is -3.86. The van der Waals surface area contributed by atoms with Gasteiger partial charge in [-0.05, 0) is 61.6 Å². The lowest BCUT2D eigenvalue weighted by Crippen LogP contribution is -2.78. The maximum atomic E-state index is 13.9. The van der Waals surface area contributed by atoms with Crippen LogP contribution < -0.4 is 14.8 Å². The Morgan fingerprint density at radius 3 is 2.75 bits per heavy atom. The first kappa shape index (κ1) is 25.4. The Balaban J connectivity index is 1.30. The molecule has 2 aromatic carbocycles. The SMILES string of the molecule is COc1ccc2c3c1O[C@H]1[C@H](NC(=O)/C=C/c4ccoc4)CC[C@@]4(O)[C@@H](C2)N(S(=O)(=O)c2ccccc2)CC[C@]314. The average molecular weight is 563 g/mol. The molecule has 2 aliphatic carbocycles. The molecule has 4 aliphatic rings. The maximum absolute atomic E-state index is 13.9. The van der Waals surface area contributed by atoms with E-state index in [0.29, 0.717) is 37.2 Å². The number of methoxy groups -OCH3 is 1. The van der Waals surface area contributed by atoms with Crippen LogP contribution in [0.4, 0.5) is 0 Å². The van der Waals surface area contributed by atoms with Crippen molar-refractivity contribution >= 4 is 22.0 Å². The molecular formula is C30H30N2O7S. The van der Waals surface area contributed by atoms with Gasteiger partial charge in [0.15, 0.2) is 11.5 Å². The Morgan fingerprint density at radius 2 is 2.00 bits per heavy atom. The van der Waals surface area contributed by atoms with Crippen LogP contribution in [-0.4, -0.2) is 61.2 Å². The van der Waals surface area contributed by atoms with Gasteiger partial charge in [-0.25, -0.2) is 8.42 Å². The molecule has 9 nitrogen and oxygen atoms in total. The number of hydrogen-bond acceptors (Lipinski definition) is 7. The molecule has 1 saturated heterocycles. The quantitative estimate of drug-likeness (QED) is 0.444. The van der Waals surface area contributed by atoms with E-state index in [1.54, 1.807) is 55.8 Å². The van der Waals surface area contributed by atoms with Crippen molar-refractivity contribution in [1.29, 1.82) is 0 Å². The average Bonchev–Trinajstić information content (AvgIpc) is 3.60. The number of amides is 1. The third kappa shape index (κ3) is 3.39. The molecule has 1 amide bonds. The summed E-state index contributed by atoms with van der Waals surface area (Å²) >= 11 is 0. The predicted molar refractivity (Wildman–Crippen MR) is 145 cm³/mol. The van der Waals surface area contributed by atoms with Gasteiger partial charge < -0.3 is 24.3 Å². The Bertz CT molecular complexity index is 1600. The third-order valence-electron chi connectivity index (χ3n) is 9.27. The number of ether oxygens (including phenoxy) is 2. The topological polar surface area (TPSA) is 118 Å². The summed E-state index contributed by atoms with van der Waals surface area (Å²) in [5.41, 5.74) is 0.305. The van der Waals surface area contributed by atoms with Crippen LogP contribution in [0.3, 0.4) is 0 Å². The van der Waals surface area contributed by atoms with Crippen molar-refractivity contribution in [2.24, 2.45) is 0 Å². The molecule has 208 valence electrons. The van der Waals surface area contributed by atoms with Gasteiger partial charge in [-0.1, -0.05) is 24.3 Å². The van der Waals surface area contributed by atoms with Crippen LogP contribution in [0.15, 0.2) is 76.4 Å². The van der Waals surface area contributed by atoms with Gasteiger partial charge in [-0.15, -0.1) is 0 Å². The summed E-state index contributed by atoms with van der Waals surface area (Å²) in [5.74, 6) is 0.861. The highest BCUT2D eigenvalue weighted by Gasteiger charge is 2.74. The lowest BCUT2D eigenvalue weighted by molar-refractivity contribution is -0.177. The number of hydrogen-bond donors (Lipinski definition) is 2. The van der Waals surface area contributed by atoms with Crippen molar-refractivity contribution < 1.29 is 32.2 Å². The van der Waals surface area contributed by atoms with Crippen LogP contribution in [-0.2, 0) is 26.7 Å². The van der Waals surface area contributed by atoms with E-state index in [2.05, 4.69) is 5.32 Å². The van der Waals surface area contributed by atoms with Gasteiger partial charge in [0.05, 0.1) is 47.6 Å². The van der Waals surface area contributed by atoms with Gasteiger partial charge in [-0.3, -0.25) is 4.79 Å². The zero-order valence-electron chi connectivity index (χ0n) is 21.9. The van der Waals surface area contributed by atoms with Crippen molar-refractivity contribution in [3.63, 3.8) is 0 Å². The third-order valence-corrected chi connectivity index (χ3v) is 11.2. The van der Waals surface area contributed by atoms with E-state index >= 15 is 0 Å². The Kier molecular flexibility index (Phi) is 5.68. The molecule has 7 rings (SSSR count). The van der Waals surface area contributed by atoms with Gasteiger partial charge in [-0.2, -0.15) is 4.31 Å². The molecule has 1 spiro atoms. The van der Waals surface area contributed by atoms with E-state index in [1.807, 2.05) is 12.1 Å². The summed E-state index contributed by atoms with van der Waals surface area (Å²) < 4.78 is 46.6. The summed E-state index contributed by atoms with van der Waals surface area (Å²) in [6.07, 6.45) is 7.07. The van der Waals surface area contributed by atoms with Crippen molar-refractivity contribution in [2.75, 3.05) is 13.7 Å². The number of sulfonamides is 1. The number of rotatable bonds is 6. The van der Waals surface area contributed by atoms with Crippen LogP contribution in [0.2, 0.25) is 0 Å². The summed E-state index contributed by atoms with van der Waals surface area (Å²) in [4.78, 5) is 13.2. The van der Waals surface area contributed by atoms with Crippen molar-refractivity contribution in [3.05, 3.63) is 83.8 Å². The van der Waals surface area contributed by atoms with E-state index < -0.39 is 39.2 Å². The first-order valence-electron chi connectivity index (χ1n) is 13.5. The number of nitrogens with one attached hydrogen (secondary N) is 1. The van der Waals surface area contributed by atoms with E-state index in [9.17, 15) is 18.3 Å². The first-order valence-corrected chi connectivity index (χ1v) is 14.9. The number of nitrogens with zero attached hydrogens (tertiary/aromatic N) is 1. The Hall–Kier alpha value is -3.60. The summed E-state index contributed by atoms with van der Waals surface area (Å²) in [5, 5.41) is 15.8. The number of carbonyl (C=O) groups is 1. The van der Waals surface area contributed by atoms with E-state index in [1.165, 1.54) is 16.6 Å². The monoisotopic (exact) mass is 562 g/mol.